The number of pyridine rings is 1. The standard InChI is InChI=1S/C24H25NO3/c26-14-5-3-1-2-4-6-15-28-18-10-11-20-21(16-18)19-9-7-8-17-12-13-25-23(22(17)19)24(20)27/h7-13,16,26H,1-6,14-15H2. The Morgan fingerprint density at radius 2 is 1.68 bits per heavy atom. The van der Waals surface area contributed by atoms with E-state index >= 15 is 0 Å². The molecule has 144 valence electrons. The van der Waals surface area contributed by atoms with E-state index in [1.807, 2.05) is 36.4 Å². The van der Waals surface area contributed by atoms with E-state index in [0.717, 1.165) is 53.3 Å². The molecule has 28 heavy (non-hydrogen) atoms. The molecule has 1 aliphatic rings. The first-order valence-electron chi connectivity index (χ1n) is 10.1. The summed E-state index contributed by atoms with van der Waals surface area (Å²) in [7, 11) is 0. The van der Waals surface area contributed by atoms with Crippen molar-refractivity contribution in [1.29, 1.82) is 0 Å². The molecule has 4 nitrogen and oxygen atoms in total. The van der Waals surface area contributed by atoms with Gasteiger partial charge in [0.15, 0.2) is 0 Å². The van der Waals surface area contributed by atoms with Crippen LogP contribution in [-0.4, -0.2) is 29.1 Å². The molecule has 0 radical (unpaired) electrons. The van der Waals surface area contributed by atoms with Gasteiger partial charge in [-0.2, -0.15) is 0 Å². The van der Waals surface area contributed by atoms with E-state index in [4.69, 9.17) is 9.84 Å². The van der Waals surface area contributed by atoms with Gasteiger partial charge >= 0.3 is 0 Å². The quantitative estimate of drug-likeness (QED) is 0.411. The Morgan fingerprint density at radius 3 is 2.54 bits per heavy atom. The van der Waals surface area contributed by atoms with Crippen LogP contribution in [0.25, 0.3) is 21.9 Å². The number of rotatable bonds is 9. The van der Waals surface area contributed by atoms with Crippen LogP contribution in [-0.2, 0) is 0 Å². The second-order valence-corrected chi connectivity index (χ2v) is 7.29. The van der Waals surface area contributed by atoms with Crippen LogP contribution in [0.2, 0.25) is 0 Å². The maximum Gasteiger partial charge on any atom is 0.212 e. The van der Waals surface area contributed by atoms with Crippen LogP contribution in [0.1, 0.15) is 54.6 Å². The molecule has 1 aromatic heterocycles. The van der Waals surface area contributed by atoms with Crippen LogP contribution < -0.4 is 4.74 Å². The van der Waals surface area contributed by atoms with Gasteiger partial charge < -0.3 is 9.84 Å². The van der Waals surface area contributed by atoms with Crippen molar-refractivity contribution in [1.82, 2.24) is 4.98 Å². The van der Waals surface area contributed by atoms with Gasteiger partial charge in [-0.05, 0) is 53.6 Å². The molecule has 0 aliphatic heterocycles. The summed E-state index contributed by atoms with van der Waals surface area (Å²) in [5, 5.41) is 10.8. The summed E-state index contributed by atoms with van der Waals surface area (Å²) < 4.78 is 5.95. The molecular weight excluding hydrogens is 350 g/mol. The van der Waals surface area contributed by atoms with Crippen LogP contribution in [0.15, 0.2) is 48.7 Å². The molecule has 0 atom stereocenters. The van der Waals surface area contributed by atoms with Crippen LogP contribution in [0.3, 0.4) is 0 Å². The Labute approximate surface area is 165 Å². The molecule has 0 amide bonds. The lowest BCUT2D eigenvalue weighted by Gasteiger charge is -2.19. The summed E-state index contributed by atoms with van der Waals surface area (Å²) >= 11 is 0. The van der Waals surface area contributed by atoms with Gasteiger partial charge in [0.05, 0.1) is 6.61 Å². The summed E-state index contributed by atoms with van der Waals surface area (Å²) in [4.78, 5) is 17.2. The van der Waals surface area contributed by atoms with Crippen LogP contribution in [0.5, 0.6) is 5.75 Å². The Balaban J connectivity index is 1.47. The Morgan fingerprint density at radius 1 is 0.857 bits per heavy atom. The molecule has 0 saturated heterocycles. The zero-order valence-corrected chi connectivity index (χ0v) is 16.0. The monoisotopic (exact) mass is 375 g/mol. The molecule has 0 bridgehead atoms. The number of hydrogen-bond acceptors (Lipinski definition) is 4. The molecule has 0 spiro atoms. The van der Waals surface area contributed by atoms with E-state index in [2.05, 4.69) is 11.1 Å². The third-order valence-electron chi connectivity index (χ3n) is 5.35. The fourth-order valence-corrected chi connectivity index (χ4v) is 3.90. The minimum absolute atomic E-state index is 0.0197. The molecule has 3 aromatic rings. The molecule has 2 aromatic carbocycles. The average Bonchev–Trinajstić information content (AvgIpc) is 2.73. The Kier molecular flexibility index (Phi) is 5.68. The van der Waals surface area contributed by atoms with Crippen molar-refractivity contribution in [2.45, 2.75) is 38.5 Å². The number of nitrogens with zero attached hydrogens (tertiary/aromatic N) is 1. The van der Waals surface area contributed by atoms with Gasteiger partial charge in [0.25, 0.3) is 0 Å². The summed E-state index contributed by atoms with van der Waals surface area (Å²) in [5.74, 6) is 0.782. The number of ether oxygens (including phenoxy) is 1. The summed E-state index contributed by atoms with van der Waals surface area (Å²) in [6.07, 6.45) is 8.18. The molecule has 1 heterocycles. The van der Waals surface area contributed by atoms with E-state index in [0.29, 0.717) is 17.9 Å². The van der Waals surface area contributed by atoms with E-state index in [1.54, 1.807) is 6.20 Å². The third kappa shape index (κ3) is 3.65. The zero-order valence-electron chi connectivity index (χ0n) is 16.0. The van der Waals surface area contributed by atoms with Crippen molar-refractivity contribution >= 4 is 16.6 Å². The van der Waals surface area contributed by atoms with Crippen molar-refractivity contribution in [3.8, 4) is 16.9 Å². The predicted octanol–water partition coefficient (Wildman–Crippen LogP) is 5.16. The lowest BCUT2D eigenvalue weighted by Crippen LogP contribution is -2.12. The van der Waals surface area contributed by atoms with Gasteiger partial charge in [-0.3, -0.25) is 9.78 Å². The Bertz CT molecular complexity index is 991. The Hall–Kier alpha value is -2.72. The molecule has 0 fully saturated rings. The van der Waals surface area contributed by atoms with Gasteiger partial charge in [0, 0.05) is 23.8 Å². The van der Waals surface area contributed by atoms with Gasteiger partial charge in [0.1, 0.15) is 11.4 Å². The van der Waals surface area contributed by atoms with Crippen LogP contribution in [0.4, 0.5) is 0 Å². The van der Waals surface area contributed by atoms with E-state index < -0.39 is 0 Å². The number of carbonyl (C=O) groups is 1. The molecule has 0 saturated carbocycles. The highest BCUT2D eigenvalue weighted by Crippen LogP contribution is 2.39. The van der Waals surface area contributed by atoms with Crippen molar-refractivity contribution in [3.05, 3.63) is 59.9 Å². The van der Waals surface area contributed by atoms with Crippen LogP contribution >= 0.6 is 0 Å². The lowest BCUT2D eigenvalue weighted by atomic mass is 9.85. The predicted molar refractivity (Wildman–Crippen MR) is 111 cm³/mol. The number of aliphatic hydroxyl groups is 1. The first-order valence-corrected chi connectivity index (χ1v) is 10.1. The molecule has 1 aliphatic carbocycles. The van der Waals surface area contributed by atoms with Crippen molar-refractivity contribution in [2.75, 3.05) is 13.2 Å². The first-order chi connectivity index (χ1) is 13.8. The topological polar surface area (TPSA) is 59.4 Å². The minimum Gasteiger partial charge on any atom is -0.494 e. The van der Waals surface area contributed by atoms with Gasteiger partial charge in [-0.15, -0.1) is 0 Å². The maximum absolute atomic E-state index is 12.9. The van der Waals surface area contributed by atoms with Gasteiger partial charge in [-0.25, -0.2) is 0 Å². The van der Waals surface area contributed by atoms with E-state index in [9.17, 15) is 4.79 Å². The lowest BCUT2D eigenvalue weighted by molar-refractivity contribution is 0.103. The number of aliphatic hydroxyl groups excluding tert-OH is 1. The number of unbranched alkanes of at least 4 members (excludes halogenated alkanes) is 5. The fraction of sp³-hybridized carbons (Fsp3) is 0.333. The number of fused-ring (bicyclic) bond motifs is 2. The molecule has 1 N–H and O–H groups in total. The third-order valence-corrected chi connectivity index (χ3v) is 5.35. The molecule has 0 unspecified atom stereocenters. The summed E-state index contributed by atoms with van der Waals surface area (Å²) in [5.41, 5.74) is 3.20. The van der Waals surface area contributed by atoms with E-state index in [-0.39, 0.29) is 12.4 Å². The SMILES string of the molecule is O=C1c2ccc(OCCCCCCCCO)cc2-c2cccc3ccnc1c23. The number of benzene rings is 2. The average molecular weight is 375 g/mol. The highest BCUT2D eigenvalue weighted by atomic mass is 16.5. The first kappa shape index (κ1) is 18.6. The number of hydrogen-bond donors (Lipinski definition) is 1. The van der Waals surface area contributed by atoms with Gasteiger partial charge in [0.2, 0.25) is 5.78 Å². The second kappa shape index (κ2) is 8.53. The van der Waals surface area contributed by atoms with Crippen molar-refractivity contribution < 1.29 is 14.6 Å². The molecule has 4 heteroatoms. The highest BCUT2D eigenvalue weighted by Gasteiger charge is 2.26. The fourth-order valence-electron chi connectivity index (χ4n) is 3.90. The molecular formula is C24H25NO3. The number of aromatic nitrogens is 1. The minimum atomic E-state index is -0.0197. The number of ketones is 1. The summed E-state index contributed by atoms with van der Waals surface area (Å²) in [6, 6.07) is 13.8. The normalized spacial score (nSPS) is 12.2. The van der Waals surface area contributed by atoms with Crippen molar-refractivity contribution in [3.63, 3.8) is 0 Å². The highest BCUT2D eigenvalue weighted by molar-refractivity contribution is 6.24. The van der Waals surface area contributed by atoms with E-state index in [1.165, 1.54) is 12.8 Å². The van der Waals surface area contributed by atoms with Gasteiger partial charge in [-0.1, -0.05) is 43.9 Å². The largest absolute Gasteiger partial charge is 0.494 e. The smallest absolute Gasteiger partial charge is 0.212 e. The molecule has 4 rings (SSSR count). The zero-order chi connectivity index (χ0) is 19.3. The number of carbonyl (C=O) groups excluding carboxylic acids is 1. The van der Waals surface area contributed by atoms with Crippen LogP contribution in [0, 0.1) is 0 Å². The second-order valence-electron chi connectivity index (χ2n) is 7.29. The maximum atomic E-state index is 12.9. The van der Waals surface area contributed by atoms with Crippen molar-refractivity contribution in [2.24, 2.45) is 0 Å². The summed E-state index contributed by atoms with van der Waals surface area (Å²) in [6.45, 7) is 0.966.